The van der Waals surface area contributed by atoms with Gasteiger partial charge in [-0.05, 0) is 60.9 Å². The second kappa shape index (κ2) is 7.62. The lowest BCUT2D eigenvalue weighted by molar-refractivity contribution is -0.0656. The highest BCUT2D eigenvalue weighted by Gasteiger charge is 2.51. The Kier molecular flexibility index (Phi) is 4.80. The van der Waals surface area contributed by atoms with E-state index in [2.05, 4.69) is 22.0 Å². The average molecular weight is 396 g/mol. The van der Waals surface area contributed by atoms with Crippen molar-refractivity contribution in [3.63, 3.8) is 0 Å². The van der Waals surface area contributed by atoms with E-state index >= 15 is 0 Å². The Labute approximate surface area is 178 Å². The van der Waals surface area contributed by atoms with Gasteiger partial charge < -0.3 is 4.74 Å². The highest BCUT2D eigenvalue weighted by molar-refractivity contribution is 6.06. The molecule has 3 unspecified atom stereocenters. The summed E-state index contributed by atoms with van der Waals surface area (Å²) in [5.41, 5.74) is 4.20. The van der Waals surface area contributed by atoms with Crippen LogP contribution >= 0.6 is 0 Å². The Bertz CT molecular complexity index is 1090. The molecule has 3 aliphatic rings. The maximum atomic E-state index is 9.41. The normalized spacial score (nSPS) is 28.7. The molecule has 2 saturated carbocycles. The number of rotatable bonds is 1. The number of hydrogen-bond donors (Lipinski definition) is 0. The van der Waals surface area contributed by atoms with Gasteiger partial charge in [-0.3, -0.25) is 0 Å². The molecular weight excluding hydrogens is 370 g/mol. The van der Waals surface area contributed by atoms with Crippen molar-refractivity contribution >= 4 is 11.4 Å². The van der Waals surface area contributed by atoms with E-state index in [4.69, 9.17) is 11.3 Å². The lowest BCUT2D eigenvalue weighted by atomic mass is 9.60. The molecule has 0 amide bonds. The number of benzene rings is 2. The first-order valence-corrected chi connectivity index (χ1v) is 11.0. The minimum absolute atomic E-state index is 0.211. The van der Waals surface area contributed by atoms with Gasteiger partial charge in [0.2, 0.25) is 6.19 Å². The Morgan fingerprint density at radius 2 is 1.90 bits per heavy atom. The zero-order valence-corrected chi connectivity index (χ0v) is 17.1. The van der Waals surface area contributed by atoms with Gasteiger partial charge in [0.05, 0.1) is 12.3 Å². The van der Waals surface area contributed by atoms with Gasteiger partial charge in [-0.25, -0.2) is 4.85 Å². The molecule has 1 heterocycles. The molecule has 2 aromatic rings. The number of aliphatic imine (C=N–C) groups is 1. The number of fused-ring (bicyclic) bond motifs is 3. The fourth-order valence-electron chi connectivity index (χ4n) is 6.01. The van der Waals surface area contributed by atoms with E-state index in [1.165, 1.54) is 38.5 Å². The van der Waals surface area contributed by atoms with E-state index in [0.717, 1.165) is 46.9 Å². The lowest BCUT2D eigenvalue weighted by Crippen LogP contribution is -2.54. The zero-order valence-electron chi connectivity index (χ0n) is 17.1. The van der Waals surface area contributed by atoms with Gasteiger partial charge in [0.1, 0.15) is 11.4 Å². The molecule has 0 radical (unpaired) electrons. The van der Waals surface area contributed by atoms with Crippen LogP contribution in [0.3, 0.4) is 0 Å². The van der Waals surface area contributed by atoms with Crippen LogP contribution in [-0.4, -0.2) is 11.3 Å². The molecule has 1 spiro atoms. The topological polar surface area (TPSA) is 49.7 Å². The van der Waals surface area contributed by atoms with Crippen molar-refractivity contribution in [1.29, 1.82) is 5.26 Å². The molecular formula is C26H25N3O. The van der Waals surface area contributed by atoms with E-state index in [9.17, 15) is 5.26 Å². The predicted octanol–water partition coefficient (Wildman–Crippen LogP) is 6.69. The fraction of sp³-hybridized carbons (Fsp3) is 0.423. The van der Waals surface area contributed by atoms with E-state index < -0.39 is 0 Å². The van der Waals surface area contributed by atoms with Crippen molar-refractivity contribution in [3.8, 4) is 23.1 Å². The summed E-state index contributed by atoms with van der Waals surface area (Å²) in [6.07, 6.45) is 11.5. The molecule has 0 N–H and O–H groups in total. The number of hydrogen-bond acceptors (Lipinski definition) is 3. The van der Waals surface area contributed by atoms with Crippen LogP contribution in [0.25, 0.3) is 16.0 Å². The Morgan fingerprint density at radius 1 is 1.07 bits per heavy atom. The van der Waals surface area contributed by atoms with Gasteiger partial charge in [0, 0.05) is 17.9 Å². The van der Waals surface area contributed by atoms with Gasteiger partial charge in [0.15, 0.2) is 5.69 Å². The molecule has 3 atom stereocenters. The first-order valence-electron chi connectivity index (χ1n) is 11.0. The third-order valence-corrected chi connectivity index (χ3v) is 7.32. The van der Waals surface area contributed by atoms with Gasteiger partial charge in [-0.2, -0.15) is 10.3 Å². The van der Waals surface area contributed by atoms with Crippen LogP contribution in [0.15, 0.2) is 47.5 Å². The highest BCUT2D eigenvalue weighted by Crippen LogP contribution is 2.52. The van der Waals surface area contributed by atoms with Crippen LogP contribution in [0, 0.1) is 29.9 Å². The zero-order chi connectivity index (χ0) is 20.6. The molecule has 150 valence electrons. The minimum atomic E-state index is -0.211. The second-order valence-electron chi connectivity index (χ2n) is 8.92. The third-order valence-electron chi connectivity index (χ3n) is 7.32. The van der Waals surface area contributed by atoms with Crippen molar-refractivity contribution in [2.24, 2.45) is 16.8 Å². The van der Waals surface area contributed by atoms with Crippen molar-refractivity contribution in [1.82, 2.24) is 0 Å². The molecule has 2 aliphatic carbocycles. The van der Waals surface area contributed by atoms with Crippen LogP contribution in [0.1, 0.15) is 56.9 Å². The number of nitrogens with zero attached hydrogens (tertiary/aromatic N) is 3. The Hall–Kier alpha value is -3.11. The van der Waals surface area contributed by atoms with Crippen molar-refractivity contribution in [3.05, 3.63) is 59.4 Å². The maximum Gasteiger partial charge on any atom is 0.205 e. The van der Waals surface area contributed by atoms with Gasteiger partial charge in [-0.1, -0.05) is 43.5 Å². The average Bonchev–Trinajstić information content (AvgIpc) is 2.79. The summed E-state index contributed by atoms with van der Waals surface area (Å²) < 4.78 is 6.80. The summed E-state index contributed by atoms with van der Waals surface area (Å²) in [4.78, 5) is 7.82. The van der Waals surface area contributed by atoms with Crippen LogP contribution in [0.4, 0.5) is 5.69 Å². The van der Waals surface area contributed by atoms with Gasteiger partial charge in [0.25, 0.3) is 0 Å². The van der Waals surface area contributed by atoms with E-state index in [1.807, 2.05) is 36.5 Å². The molecule has 0 saturated heterocycles. The summed E-state index contributed by atoms with van der Waals surface area (Å²) in [7, 11) is 0. The molecule has 0 aromatic heterocycles. The third kappa shape index (κ3) is 3.17. The molecule has 4 heteroatoms. The monoisotopic (exact) mass is 395 g/mol. The minimum Gasteiger partial charge on any atom is -0.486 e. The maximum absolute atomic E-state index is 9.41. The Morgan fingerprint density at radius 3 is 2.77 bits per heavy atom. The summed E-state index contributed by atoms with van der Waals surface area (Å²) in [5, 5.41) is 9.41. The highest BCUT2D eigenvalue weighted by atomic mass is 16.5. The van der Waals surface area contributed by atoms with Crippen molar-refractivity contribution in [2.45, 2.75) is 57.0 Å². The summed E-state index contributed by atoms with van der Waals surface area (Å²) in [5.74, 6) is 2.16. The van der Waals surface area contributed by atoms with Crippen LogP contribution in [0.5, 0.6) is 5.75 Å². The molecule has 4 nitrogen and oxygen atoms in total. The quantitative estimate of drug-likeness (QED) is 0.399. The van der Waals surface area contributed by atoms with E-state index in [1.54, 1.807) is 0 Å². The SMILES string of the molecule is [C-]#[N+]c1cccc(-c2ccc3c(c2)/C(=N/C#N)CC2(CCCC4CCCCC42)O3)c1. The van der Waals surface area contributed by atoms with Crippen LogP contribution in [0.2, 0.25) is 0 Å². The fourth-order valence-corrected chi connectivity index (χ4v) is 6.01. The van der Waals surface area contributed by atoms with Crippen LogP contribution < -0.4 is 4.74 Å². The van der Waals surface area contributed by atoms with Crippen molar-refractivity contribution < 1.29 is 4.74 Å². The van der Waals surface area contributed by atoms with Crippen molar-refractivity contribution in [2.75, 3.05) is 0 Å². The van der Waals surface area contributed by atoms with Gasteiger partial charge >= 0.3 is 0 Å². The largest absolute Gasteiger partial charge is 0.486 e. The standard InChI is InChI=1S/C26H25N3O/c1-28-21-9-4-7-19(14-21)20-11-12-25-22(15-20)24(29-17-27)16-26(30-25)13-5-8-18-6-2-3-10-23(18)26/h4,7,9,11-12,14-15,18,23H,2-3,5-6,8,10,13,16H2/b29-24+. The number of nitriles is 1. The molecule has 30 heavy (non-hydrogen) atoms. The summed E-state index contributed by atoms with van der Waals surface area (Å²) >= 11 is 0. The molecule has 5 rings (SSSR count). The lowest BCUT2D eigenvalue weighted by Gasteiger charge is -2.52. The molecule has 2 aromatic carbocycles. The molecule has 1 aliphatic heterocycles. The number of ether oxygens (including phenoxy) is 1. The first-order chi connectivity index (χ1) is 14.7. The smallest absolute Gasteiger partial charge is 0.205 e. The summed E-state index contributed by atoms with van der Waals surface area (Å²) in [6.45, 7) is 7.28. The molecule has 2 fully saturated rings. The van der Waals surface area contributed by atoms with Crippen LogP contribution in [-0.2, 0) is 0 Å². The second-order valence-corrected chi connectivity index (χ2v) is 8.92. The summed E-state index contributed by atoms with van der Waals surface area (Å²) in [6, 6.07) is 13.8. The molecule has 0 bridgehead atoms. The Balaban J connectivity index is 1.56. The van der Waals surface area contributed by atoms with E-state index in [-0.39, 0.29) is 5.60 Å². The predicted molar refractivity (Wildman–Crippen MR) is 118 cm³/mol. The first kappa shape index (κ1) is 18.9. The van der Waals surface area contributed by atoms with E-state index in [0.29, 0.717) is 11.6 Å². The van der Waals surface area contributed by atoms with Gasteiger partial charge in [-0.15, -0.1) is 0 Å².